The maximum absolute atomic E-state index is 9.99. The molecular weight excluding hydrogens is 400 g/mol. The number of hydrogen-bond acceptors (Lipinski definition) is 6. The molecule has 2 aliphatic heterocycles. The van der Waals surface area contributed by atoms with E-state index in [1.807, 2.05) is 12.1 Å². The van der Waals surface area contributed by atoms with Gasteiger partial charge in [0.1, 0.15) is 29.5 Å². The third-order valence-electron chi connectivity index (χ3n) is 8.03. The summed E-state index contributed by atoms with van der Waals surface area (Å²) in [5.74, 6) is 2.67. The average molecular weight is 427 g/mol. The van der Waals surface area contributed by atoms with Crippen molar-refractivity contribution in [2.45, 2.75) is 49.6 Å². The number of hydrogen-bond donors (Lipinski definition) is 2. The van der Waals surface area contributed by atoms with Crippen LogP contribution in [0.4, 0.5) is 11.6 Å². The summed E-state index contributed by atoms with van der Waals surface area (Å²) < 4.78 is 0. The van der Waals surface area contributed by atoms with Crippen molar-refractivity contribution in [2.75, 3.05) is 22.9 Å². The lowest BCUT2D eigenvalue weighted by Gasteiger charge is -2.38. The van der Waals surface area contributed by atoms with E-state index in [2.05, 4.69) is 38.0 Å². The summed E-state index contributed by atoms with van der Waals surface area (Å²) in [6, 6.07) is 13.8. The highest BCUT2D eigenvalue weighted by atomic mass is 16.3. The van der Waals surface area contributed by atoms with Gasteiger partial charge in [-0.25, -0.2) is 9.97 Å². The molecule has 2 N–H and O–H groups in total. The highest BCUT2D eigenvalue weighted by molar-refractivity contribution is 5.58. The van der Waals surface area contributed by atoms with Gasteiger partial charge in [0.05, 0.1) is 0 Å². The van der Waals surface area contributed by atoms with E-state index in [-0.39, 0.29) is 10.8 Å². The van der Waals surface area contributed by atoms with Gasteiger partial charge in [-0.15, -0.1) is 0 Å². The van der Waals surface area contributed by atoms with Gasteiger partial charge in [-0.05, 0) is 72.2 Å². The molecule has 6 nitrogen and oxygen atoms in total. The van der Waals surface area contributed by atoms with E-state index in [1.54, 1.807) is 18.5 Å². The number of aromatic nitrogens is 2. The number of fused-ring (bicyclic) bond motifs is 4. The van der Waals surface area contributed by atoms with Crippen LogP contribution < -0.4 is 9.80 Å². The number of benzene rings is 2. The zero-order valence-electron chi connectivity index (χ0n) is 18.0. The van der Waals surface area contributed by atoms with Gasteiger partial charge < -0.3 is 20.0 Å². The van der Waals surface area contributed by atoms with Gasteiger partial charge in [0, 0.05) is 43.1 Å². The number of aromatic hydroxyl groups is 2. The first-order valence-corrected chi connectivity index (χ1v) is 11.5. The molecule has 3 aromatic rings. The number of rotatable bonds is 2. The van der Waals surface area contributed by atoms with E-state index in [0.717, 1.165) is 63.5 Å². The topological polar surface area (TPSA) is 72.7 Å². The molecule has 0 saturated heterocycles. The van der Waals surface area contributed by atoms with Crippen molar-refractivity contribution in [2.24, 2.45) is 0 Å². The van der Waals surface area contributed by atoms with Gasteiger partial charge in [-0.2, -0.15) is 0 Å². The first kappa shape index (κ1) is 18.3. The molecule has 2 fully saturated rings. The minimum atomic E-state index is 0.154. The standard InChI is InChI=1S/C26H26N4O2/c31-19-3-1-17-12-29(14-25(5-6-25)21(17)9-19)23-11-24(28-16-27-23)30-13-18-2-4-20(32)10-22(18)26(15-30)7-8-26/h1-4,9-11,16,31-32H,5-8,12-15H2. The summed E-state index contributed by atoms with van der Waals surface area (Å²) in [6.45, 7) is 3.48. The fraction of sp³-hybridized carbons (Fsp3) is 0.385. The molecule has 1 aromatic heterocycles. The van der Waals surface area contributed by atoms with Gasteiger partial charge >= 0.3 is 0 Å². The lowest BCUT2D eigenvalue weighted by atomic mass is 9.86. The second kappa shape index (κ2) is 6.15. The Balaban J connectivity index is 1.21. The normalized spacial score (nSPS) is 21.4. The minimum Gasteiger partial charge on any atom is -0.508 e. The van der Waals surface area contributed by atoms with Crippen molar-refractivity contribution < 1.29 is 10.2 Å². The second-order valence-corrected chi connectivity index (χ2v) is 10.2. The largest absolute Gasteiger partial charge is 0.508 e. The summed E-state index contributed by atoms with van der Waals surface area (Å²) in [5, 5.41) is 20.0. The fourth-order valence-corrected chi connectivity index (χ4v) is 5.98. The highest BCUT2D eigenvalue weighted by Gasteiger charge is 2.51. The third-order valence-corrected chi connectivity index (χ3v) is 8.03. The molecule has 0 bridgehead atoms. The lowest BCUT2D eigenvalue weighted by molar-refractivity contribution is 0.470. The first-order valence-electron chi connectivity index (χ1n) is 11.5. The van der Waals surface area contributed by atoms with Crippen LogP contribution in [0, 0.1) is 0 Å². The molecule has 32 heavy (non-hydrogen) atoms. The molecule has 7 rings (SSSR count). The molecule has 2 spiro atoms. The Hall–Kier alpha value is -3.28. The molecule has 0 atom stereocenters. The van der Waals surface area contributed by atoms with Crippen molar-refractivity contribution in [1.29, 1.82) is 0 Å². The molecule has 4 aliphatic rings. The molecule has 2 aliphatic carbocycles. The maximum Gasteiger partial charge on any atom is 0.134 e. The number of nitrogens with zero attached hydrogens (tertiary/aromatic N) is 4. The summed E-state index contributed by atoms with van der Waals surface area (Å²) in [7, 11) is 0. The van der Waals surface area contributed by atoms with Gasteiger partial charge in [-0.1, -0.05) is 12.1 Å². The maximum atomic E-state index is 9.99. The van der Waals surface area contributed by atoms with E-state index < -0.39 is 0 Å². The van der Waals surface area contributed by atoms with Gasteiger partial charge in [0.2, 0.25) is 0 Å². The van der Waals surface area contributed by atoms with Crippen molar-refractivity contribution in [3.63, 3.8) is 0 Å². The fourth-order valence-electron chi connectivity index (χ4n) is 5.98. The average Bonchev–Trinajstić information content (AvgIpc) is 3.73. The van der Waals surface area contributed by atoms with Crippen molar-refractivity contribution in [1.82, 2.24) is 9.97 Å². The Morgan fingerprint density at radius 2 is 1.12 bits per heavy atom. The van der Waals surface area contributed by atoms with Crippen LogP contribution in [0.1, 0.15) is 47.9 Å². The second-order valence-electron chi connectivity index (χ2n) is 10.2. The molecule has 6 heteroatoms. The molecule has 162 valence electrons. The Morgan fingerprint density at radius 1 is 0.656 bits per heavy atom. The zero-order chi connectivity index (χ0) is 21.5. The predicted molar refractivity (Wildman–Crippen MR) is 122 cm³/mol. The Labute approximate surface area is 187 Å². The van der Waals surface area contributed by atoms with Crippen LogP contribution in [0.15, 0.2) is 48.8 Å². The SMILES string of the molecule is Oc1ccc2c(c1)C1(CC1)CN(c1cc(N3Cc4ccc(O)cc4C4(CC4)C3)ncn1)C2. The van der Waals surface area contributed by atoms with Crippen LogP contribution in [0.5, 0.6) is 11.5 Å². The zero-order valence-corrected chi connectivity index (χ0v) is 18.0. The summed E-state index contributed by atoms with van der Waals surface area (Å²) in [5.41, 5.74) is 5.51. The summed E-state index contributed by atoms with van der Waals surface area (Å²) >= 11 is 0. The molecule has 3 heterocycles. The summed E-state index contributed by atoms with van der Waals surface area (Å²) in [6.07, 6.45) is 6.35. The smallest absolute Gasteiger partial charge is 0.134 e. The Morgan fingerprint density at radius 3 is 1.56 bits per heavy atom. The first-order chi connectivity index (χ1) is 15.5. The van der Waals surface area contributed by atoms with Crippen LogP contribution in [0.25, 0.3) is 0 Å². The minimum absolute atomic E-state index is 0.154. The van der Waals surface area contributed by atoms with Gasteiger partial charge in [0.25, 0.3) is 0 Å². The van der Waals surface area contributed by atoms with E-state index in [0.29, 0.717) is 11.5 Å². The Bertz CT molecular complexity index is 1160. The van der Waals surface area contributed by atoms with Gasteiger partial charge in [0.15, 0.2) is 0 Å². The number of anilines is 2. The van der Waals surface area contributed by atoms with Gasteiger partial charge in [-0.3, -0.25) is 0 Å². The third kappa shape index (κ3) is 2.71. The van der Waals surface area contributed by atoms with Crippen molar-refractivity contribution in [3.8, 4) is 11.5 Å². The summed E-state index contributed by atoms with van der Waals surface area (Å²) in [4.78, 5) is 14.1. The molecule has 0 amide bonds. The number of phenolic OH excluding ortho intramolecular Hbond substituents is 2. The van der Waals surface area contributed by atoms with Crippen LogP contribution in [0.3, 0.4) is 0 Å². The molecule has 2 aromatic carbocycles. The van der Waals surface area contributed by atoms with E-state index in [1.165, 1.54) is 22.3 Å². The van der Waals surface area contributed by atoms with Crippen molar-refractivity contribution >= 4 is 11.6 Å². The molecule has 2 saturated carbocycles. The highest BCUT2D eigenvalue weighted by Crippen LogP contribution is 2.55. The van der Waals surface area contributed by atoms with Crippen molar-refractivity contribution in [3.05, 3.63) is 71.0 Å². The molecule has 0 unspecified atom stereocenters. The predicted octanol–water partition coefficient (Wildman–Crippen LogP) is 3.99. The van der Waals surface area contributed by atoms with E-state index >= 15 is 0 Å². The van der Waals surface area contributed by atoms with Crippen LogP contribution >= 0.6 is 0 Å². The lowest BCUT2D eigenvalue weighted by Crippen LogP contribution is -2.40. The molecular formula is C26H26N4O2. The van der Waals surface area contributed by atoms with Crippen LogP contribution in [-0.2, 0) is 23.9 Å². The monoisotopic (exact) mass is 426 g/mol. The quantitative estimate of drug-likeness (QED) is 0.646. The van der Waals surface area contributed by atoms with Crippen LogP contribution in [0.2, 0.25) is 0 Å². The van der Waals surface area contributed by atoms with E-state index in [9.17, 15) is 10.2 Å². The molecule has 0 radical (unpaired) electrons. The Kier molecular flexibility index (Phi) is 3.52. The van der Waals surface area contributed by atoms with E-state index in [4.69, 9.17) is 0 Å². The number of phenols is 2. The van der Waals surface area contributed by atoms with Crippen LogP contribution in [-0.4, -0.2) is 33.3 Å².